The van der Waals surface area contributed by atoms with Crippen molar-refractivity contribution in [2.45, 2.75) is 22.8 Å². The number of carbonyl (C=O) groups is 1. The molecule has 1 unspecified atom stereocenters. The van der Waals surface area contributed by atoms with Crippen LogP contribution in [0.1, 0.15) is 6.92 Å². The fourth-order valence-electron chi connectivity index (χ4n) is 1.71. The lowest BCUT2D eigenvalue weighted by atomic mass is 10.3. The minimum absolute atomic E-state index is 0.174. The highest BCUT2D eigenvalue weighted by molar-refractivity contribution is 7.91. The SMILES string of the molecule is CC(N)C(=O)Nc1ccc(S(=O)(=O)c2ccccc2)cc1. The van der Waals surface area contributed by atoms with Gasteiger partial charge in [-0.05, 0) is 43.3 Å². The van der Waals surface area contributed by atoms with Gasteiger partial charge in [-0.1, -0.05) is 18.2 Å². The molecule has 0 saturated carbocycles. The van der Waals surface area contributed by atoms with Crippen LogP contribution in [-0.2, 0) is 14.6 Å². The van der Waals surface area contributed by atoms with Crippen LogP contribution in [0.2, 0.25) is 0 Å². The molecule has 0 bridgehead atoms. The predicted molar refractivity (Wildman–Crippen MR) is 80.6 cm³/mol. The minimum atomic E-state index is -3.54. The lowest BCUT2D eigenvalue weighted by Crippen LogP contribution is -2.32. The number of nitrogens with one attached hydrogen (secondary N) is 1. The maximum atomic E-state index is 12.4. The number of anilines is 1. The number of amides is 1. The summed E-state index contributed by atoms with van der Waals surface area (Å²) in [4.78, 5) is 11.9. The van der Waals surface area contributed by atoms with Crippen molar-refractivity contribution in [3.63, 3.8) is 0 Å². The molecule has 0 spiro atoms. The van der Waals surface area contributed by atoms with Crippen LogP contribution in [0.5, 0.6) is 0 Å². The van der Waals surface area contributed by atoms with E-state index in [9.17, 15) is 13.2 Å². The van der Waals surface area contributed by atoms with Crippen LogP contribution >= 0.6 is 0 Å². The number of benzene rings is 2. The van der Waals surface area contributed by atoms with E-state index in [0.29, 0.717) is 5.69 Å². The highest BCUT2D eigenvalue weighted by Crippen LogP contribution is 2.22. The summed E-state index contributed by atoms with van der Waals surface area (Å²) in [5.41, 5.74) is 5.95. The summed E-state index contributed by atoms with van der Waals surface area (Å²) >= 11 is 0. The Balaban J connectivity index is 2.25. The maximum Gasteiger partial charge on any atom is 0.240 e. The van der Waals surface area contributed by atoms with E-state index in [4.69, 9.17) is 5.73 Å². The molecule has 1 amide bonds. The third kappa shape index (κ3) is 3.48. The molecule has 0 aliphatic carbocycles. The van der Waals surface area contributed by atoms with Gasteiger partial charge in [-0.3, -0.25) is 4.79 Å². The van der Waals surface area contributed by atoms with Crippen molar-refractivity contribution < 1.29 is 13.2 Å². The summed E-state index contributed by atoms with van der Waals surface area (Å²) in [7, 11) is -3.54. The molecule has 0 radical (unpaired) electrons. The van der Waals surface area contributed by atoms with Crippen LogP contribution < -0.4 is 11.1 Å². The molecule has 0 aromatic heterocycles. The van der Waals surface area contributed by atoms with Crippen LogP contribution in [0, 0.1) is 0 Å². The molecule has 0 fully saturated rings. The Bertz CT molecular complexity index is 723. The van der Waals surface area contributed by atoms with Gasteiger partial charge >= 0.3 is 0 Å². The first-order chi connectivity index (χ1) is 9.91. The molecule has 0 aliphatic rings. The summed E-state index contributed by atoms with van der Waals surface area (Å²) in [5.74, 6) is -0.325. The topological polar surface area (TPSA) is 89.3 Å². The van der Waals surface area contributed by atoms with E-state index in [1.54, 1.807) is 37.3 Å². The number of nitrogens with two attached hydrogens (primary N) is 1. The molecule has 5 nitrogen and oxygen atoms in total. The monoisotopic (exact) mass is 304 g/mol. The normalized spacial score (nSPS) is 12.7. The number of sulfone groups is 1. The van der Waals surface area contributed by atoms with Crippen LogP contribution in [-0.4, -0.2) is 20.4 Å². The second kappa shape index (κ2) is 6.07. The Labute approximate surface area is 123 Å². The largest absolute Gasteiger partial charge is 0.325 e. The van der Waals surface area contributed by atoms with Crippen molar-refractivity contribution in [3.05, 3.63) is 54.6 Å². The molecule has 0 heterocycles. The molecule has 1 atom stereocenters. The average molecular weight is 304 g/mol. The molecule has 6 heteroatoms. The van der Waals surface area contributed by atoms with Gasteiger partial charge in [0.2, 0.25) is 15.7 Å². The Hall–Kier alpha value is -2.18. The van der Waals surface area contributed by atoms with Gasteiger partial charge in [0.05, 0.1) is 15.8 Å². The maximum absolute atomic E-state index is 12.4. The minimum Gasteiger partial charge on any atom is -0.325 e. The van der Waals surface area contributed by atoms with Crippen molar-refractivity contribution in [1.29, 1.82) is 0 Å². The average Bonchev–Trinajstić information content (AvgIpc) is 2.48. The van der Waals surface area contributed by atoms with E-state index in [2.05, 4.69) is 5.32 Å². The molecular weight excluding hydrogens is 288 g/mol. The van der Waals surface area contributed by atoms with Gasteiger partial charge in [0.15, 0.2) is 0 Å². The van der Waals surface area contributed by atoms with E-state index >= 15 is 0 Å². The molecule has 0 saturated heterocycles. The molecule has 2 rings (SSSR count). The third-order valence-electron chi connectivity index (χ3n) is 2.90. The first kappa shape index (κ1) is 15.2. The number of rotatable bonds is 4. The van der Waals surface area contributed by atoms with Crippen LogP contribution in [0.3, 0.4) is 0 Å². The van der Waals surface area contributed by atoms with Gasteiger partial charge in [-0.2, -0.15) is 0 Å². The molecule has 2 aromatic carbocycles. The van der Waals surface area contributed by atoms with Crippen molar-refractivity contribution in [1.82, 2.24) is 0 Å². The Morgan fingerprint density at radius 1 is 1.00 bits per heavy atom. The van der Waals surface area contributed by atoms with Crippen LogP contribution in [0.15, 0.2) is 64.4 Å². The summed E-state index contributed by atoms with van der Waals surface area (Å²) < 4.78 is 24.7. The first-order valence-electron chi connectivity index (χ1n) is 6.38. The quantitative estimate of drug-likeness (QED) is 0.901. The zero-order valence-corrected chi connectivity index (χ0v) is 12.3. The summed E-state index contributed by atoms with van der Waals surface area (Å²) in [6, 6.07) is 13.5. The first-order valence-corrected chi connectivity index (χ1v) is 7.86. The van der Waals surface area contributed by atoms with Crippen LogP contribution in [0.4, 0.5) is 5.69 Å². The van der Waals surface area contributed by atoms with E-state index in [0.717, 1.165) is 0 Å². The molecular formula is C15H16N2O3S. The lowest BCUT2D eigenvalue weighted by molar-refractivity contribution is -0.117. The van der Waals surface area contributed by atoms with Gasteiger partial charge in [-0.15, -0.1) is 0 Å². The third-order valence-corrected chi connectivity index (χ3v) is 4.68. The Morgan fingerprint density at radius 3 is 2.05 bits per heavy atom. The molecule has 0 aliphatic heterocycles. The fourth-order valence-corrected chi connectivity index (χ4v) is 2.99. The van der Waals surface area contributed by atoms with Crippen molar-refractivity contribution in [2.75, 3.05) is 5.32 Å². The van der Waals surface area contributed by atoms with Gasteiger partial charge < -0.3 is 11.1 Å². The number of hydrogen-bond donors (Lipinski definition) is 2. The molecule has 3 N–H and O–H groups in total. The molecule has 110 valence electrons. The zero-order chi connectivity index (χ0) is 15.5. The fraction of sp³-hybridized carbons (Fsp3) is 0.133. The van der Waals surface area contributed by atoms with E-state index in [-0.39, 0.29) is 15.7 Å². The van der Waals surface area contributed by atoms with Crippen molar-refractivity contribution in [2.24, 2.45) is 5.73 Å². The van der Waals surface area contributed by atoms with Gasteiger partial charge in [0.1, 0.15) is 0 Å². The van der Waals surface area contributed by atoms with Gasteiger partial charge in [-0.25, -0.2) is 8.42 Å². The standard InChI is InChI=1S/C15H16N2O3S/c1-11(16)15(18)17-12-7-9-14(10-8-12)21(19,20)13-5-3-2-4-6-13/h2-11H,16H2,1H3,(H,17,18). The van der Waals surface area contributed by atoms with Gasteiger partial charge in [0, 0.05) is 5.69 Å². The Morgan fingerprint density at radius 2 is 1.52 bits per heavy atom. The zero-order valence-electron chi connectivity index (χ0n) is 11.5. The number of hydrogen-bond acceptors (Lipinski definition) is 4. The summed E-state index contributed by atoms with van der Waals surface area (Å²) in [6.45, 7) is 1.57. The lowest BCUT2D eigenvalue weighted by Gasteiger charge is -2.09. The number of carbonyl (C=O) groups excluding carboxylic acids is 1. The second-order valence-corrected chi connectivity index (χ2v) is 6.57. The van der Waals surface area contributed by atoms with Crippen molar-refractivity contribution in [3.8, 4) is 0 Å². The van der Waals surface area contributed by atoms with Crippen LogP contribution in [0.25, 0.3) is 0 Å². The predicted octanol–water partition coefficient (Wildman–Crippen LogP) is 1.81. The van der Waals surface area contributed by atoms with E-state index in [1.807, 2.05) is 0 Å². The summed E-state index contributed by atoms with van der Waals surface area (Å²) in [6.07, 6.45) is 0. The second-order valence-electron chi connectivity index (χ2n) is 4.62. The highest BCUT2D eigenvalue weighted by atomic mass is 32.2. The Kier molecular flexibility index (Phi) is 4.40. The van der Waals surface area contributed by atoms with E-state index < -0.39 is 15.9 Å². The smallest absolute Gasteiger partial charge is 0.240 e. The molecule has 21 heavy (non-hydrogen) atoms. The van der Waals surface area contributed by atoms with E-state index in [1.165, 1.54) is 24.3 Å². The van der Waals surface area contributed by atoms with Gasteiger partial charge in [0.25, 0.3) is 0 Å². The summed E-state index contributed by atoms with van der Waals surface area (Å²) in [5, 5.41) is 2.60. The van der Waals surface area contributed by atoms with Crippen molar-refractivity contribution >= 4 is 21.4 Å². The highest BCUT2D eigenvalue weighted by Gasteiger charge is 2.17. The molecule has 2 aromatic rings.